The lowest BCUT2D eigenvalue weighted by molar-refractivity contribution is 0.648. The molecule has 1 saturated carbocycles. The average Bonchev–Trinajstić information content (AvgIpc) is 3.30. The van der Waals surface area contributed by atoms with Crippen LogP contribution in [0.25, 0.3) is 0 Å². The lowest BCUT2D eigenvalue weighted by atomic mass is 10.0. The van der Waals surface area contributed by atoms with Crippen LogP contribution >= 0.6 is 0 Å². The first-order chi connectivity index (χ1) is 10.6. The minimum Gasteiger partial charge on any atom is -0.368 e. The van der Waals surface area contributed by atoms with Crippen LogP contribution in [0.1, 0.15) is 48.3 Å². The zero-order chi connectivity index (χ0) is 15.7. The zero-order valence-electron chi connectivity index (χ0n) is 13.4. The van der Waals surface area contributed by atoms with Gasteiger partial charge in [-0.05, 0) is 50.7 Å². The van der Waals surface area contributed by atoms with E-state index in [1.54, 1.807) is 0 Å². The molecule has 0 saturated heterocycles. The summed E-state index contributed by atoms with van der Waals surface area (Å²) in [6.07, 6.45) is 5.20. The second-order valence-electron chi connectivity index (χ2n) is 6.01. The molecule has 116 valence electrons. The Bertz CT molecular complexity index is 679. The van der Waals surface area contributed by atoms with Gasteiger partial charge in [0.2, 0.25) is 5.95 Å². The van der Waals surface area contributed by atoms with E-state index in [-0.39, 0.29) is 6.04 Å². The maximum atomic E-state index is 5.84. The molecular formula is C17H23N5. The van der Waals surface area contributed by atoms with Crippen LogP contribution in [0.15, 0.2) is 18.3 Å². The van der Waals surface area contributed by atoms with E-state index in [0.29, 0.717) is 11.9 Å². The van der Waals surface area contributed by atoms with Gasteiger partial charge < -0.3 is 11.1 Å². The van der Waals surface area contributed by atoms with Crippen molar-refractivity contribution < 1.29 is 0 Å². The number of aryl methyl sites for hydroxylation is 2. The molecule has 2 aromatic rings. The number of hydrogen-bond acceptors (Lipinski definition) is 5. The van der Waals surface area contributed by atoms with Crippen molar-refractivity contribution in [3.63, 3.8) is 0 Å². The minimum absolute atomic E-state index is 0.195. The summed E-state index contributed by atoms with van der Waals surface area (Å²) in [7, 11) is 0. The standard InChI is InChI=1S/C17H23N5/c1-4-13-11(3)20-17(18)22-16(13)21-15(12-7-8-12)14-10(2)6-5-9-19-14/h5-6,9,12,15H,4,7-8H2,1-3H3,(H3,18,20,21,22)/t15-/m0/s1. The van der Waals surface area contributed by atoms with Crippen LogP contribution in [0.5, 0.6) is 0 Å². The molecule has 0 bridgehead atoms. The third kappa shape index (κ3) is 2.89. The highest BCUT2D eigenvalue weighted by Gasteiger charge is 2.34. The smallest absolute Gasteiger partial charge is 0.222 e. The van der Waals surface area contributed by atoms with Crippen molar-refractivity contribution in [1.82, 2.24) is 15.0 Å². The molecule has 1 aliphatic carbocycles. The summed E-state index contributed by atoms with van der Waals surface area (Å²) in [6.45, 7) is 6.21. The summed E-state index contributed by atoms with van der Waals surface area (Å²) in [6, 6.07) is 4.28. The van der Waals surface area contributed by atoms with Crippen molar-refractivity contribution in [2.75, 3.05) is 11.1 Å². The van der Waals surface area contributed by atoms with Crippen LogP contribution in [-0.4, -0.2) is 15.0 Å². The summed E-state index contributed by atoms with van der Waals surface area (Å²) in [5, 5.41) is 3.61. The Balaban J connectivity index is 1.97. The van der Waals surface area contributed by atoms with E-state index in [2.05, 4.69) is 40.2 Å². The van der Waals surface area contributed by atoms with Gasteiger partial charge in [-0.15, -0.1) is 0 Å². The van der Waals surface area contributed by atoms with E-state index in [4.69, 9.17) is 5.73 Å². The Morgan fingerprint density at radius 1 is 1.32 bits per heavy atom. The number of nitrogens with zero attached hydrogens (tertiary/aromatic N) is 3. The normalized spacial score (nSPS) is 15.6. The Morgan fingerprint density at radius 3 is 2.73 bits per heavy atom. The van der Waals surface area contributed by atoms with Gasteiger partial charge in [-0.25, -0.2) is 4.98 Å². The van der Waals surface area contributed by atoms with E-state index in [9.17, 15) is 0 Å². The van der Waals surface area contributed by atoms with Gasteiger partial charge in [0.15, 0.2) is 0 Å². The monoisotopic (exact) mass is 297 g/mol. The van der Waals surface area contributed by atoms with Crippen LogP contribution in [0.2, 0.25) is 0 Å². The molecule has 1 atom stereocenters. The highest BCUT2D eigenvalue weighted by atomic mass is 15.1. The van der Waals surface area contributed by atoms with Crippen molar-refractivity contribution >= 4 is 11.8 Å². The summed E-state index contributed by atoms with van der Waals surface area (Å²) in [4.78, 5) is 13.3. The Labute approximate surface area is 131 Å². The minimum atomic E-state index is 0.195. The van der Waals surface area contributed by atoms with Gasteiger partial charge in [0.05, 0.1) is 11.7 Å². The number of rotatable bonds is 5. The van der Waals surface area contributed by atoms with Gasteiger partial charge >= 0.3 is 0 Å². The Kier molecular flexibility index (Phi) is 3.96. The van der Waals surface area contributed by atoms with Crippen LogP contribution in [0.4, 0.5) is 11.8 Å². The summed E-state index contributed by atoms with van der Waals surface area (Å²) in [5.74, 6) is 1.80. The second kappa shape index (κ2) is 5.91. The first-order valence-electron chi connectivity index (χ1n) is 7.91. The molecule has 5 heteroatoms. The second-order valence-corrected chi connectivity index (χ2v) is 6.01. The SMILES string of the molecule is CCc1c(C)nc(N)nc1N[C@H](c1ncccc1C)C1CC1. The van der Waals surface area contributed by atoms with Gasteiger partial charge in [0, 0.05) is 17.5 Å². The van der Waals surface area contributed by atoms with Crippen molar-refractivity contribution in [1.29, 1.82) is 0 Å². The van der Waals surface area contributed by atoms with E-state index >= 15 is 0 Å². The van der Waals surface area contributed by atoms with Crippen molar-refractivity contribution in [2.24, 2.45) is 5.92 Å². The predicted octanol–water partition coefficient (Wildman–Crippen LogP) is 3.20. The van der Waals surface area contributed by atoms with Crippen LogP contribution < -0.4 is 11.1 Å². The van der Waals surface area contributed by atoms with E-state index in [1.165, 1.54) is 18.4 Å². The van der Waals surface area contributed by atoms with E-state index in [1.807, 2.05) is 19.2 Å². The molecule has 5 nitrogen and oxygen atoms in total. The van der Waals surface area contributed by atoms with Gasteiger partial charge in [-0.3, -0.25) is 4.98 Å². The molecule has 0 unspecified atom stereocenters. The molecule has 0 aromatic carbocycles. The fourth-order valence-electron chi connectivity index (χ4n) is 2.97. The largest absolute Gasteiger partial charge is 0.368 e. The quantitative estimate of drug-likeness (QED) is 0.886. The first kappa shape index (κ1) is 14.8. The molecule has 2 heterocycles. The average molecular weight is 297 g/mol. The molecule has 1 fully saturated rings. The topological polar surface area (TPSA) is 76.7 Å². The summed E-state index contributed by atoms with van der Waals surface area (Å²) < 4.78 is 0. The van der Waals surface area contributed by atoms with Crippen molar-refractivity contribution in [3.05, 3.63) is 40.8 Å². The van der Waals surface area contributed by atoms with Gasteiger partial charge in [0.1, 0.15) is 5.82 Å². The van der Waals surface area contributed by atoms with Crippen LogP contribution in [-0.2, 0) is 6.42 Å². The maximum absolute atomic E-state index is 5.84. The Hall–Kier alpha value is -2.17. The molecule has 0 spiro atoms. The molecule has 0 amide bonds. The molecule has 3 rings (SSSR count). The third-order valence-corrected chi connectivity index (χ3v) is 4.31. The van der Waals surface area contributed by atoms with Gasteiger partial charge in [-0.2, -0.15) is 4.98 Å². The number of nitrogen functional groups attached to an aromatic ring is 1. The van der Waals surface area contributed by atoms with E-state index < -0.39 is 0 Å². The predicted molar refractivity (Wildman–Crippen MR) is 88.6 cm³/mol. The third-order valence-electron chi connectivity index (χ3n) is 4.31. The molecule has 1 aliphatic rings. The number of nitrogens with one attached hydrogen (secondary N) is 1. The fraction of sp³-hybridized carbons (Fsp3) is 0.471. The van der Waals surface area contributed by atoms with Crippen LogP contribution in [0, 0.1) is 19.8 Å². The fourth-order valence-corrected chi connectivity index (χ4v) is 2.97. The number of anilines is 2. The van der Waals surface area contributed by atoms with E-state index in [0.717, 1.165) is 29.2 Å². The number of aromatic nitrogens is 3. The van der Waals surface area contributed by atoms with Crippen LogP contribution in [0.3, 0.4) is 0 Å². The molecular weight excluding hydrogens is 274 g/mol. The molecule has 0 aliphatic heterocycles. The first-order valence-corrected chi connectivity index (χ1v) is 7.91. The molecule has 3 N–H and O–H groups in total. The summed E-state index contributed by atoms with van der Waals surface area (Å²) >= 11 is 0. The van der Waals surface area contributed by atoms with Gasteiger partial charge in [0.25, 0.3) is 0 Å². The lowest BCUT2D eigenvalue weighted by Crippen LogP contribution is -2.19. The van der Waals surface area contributed by atoms with Crippen molar-refractivity contribution in [2.45, 2.75) is 46.1 Å². The zero-order valence-corrected chi connectivity index (χ0v) is 13.4. The maximum Gasteiger partial charge on any atom is 0.222 e. The Morgan fingerprint density at radius 2 is 2.09 bits per heavy atom. The number of nitrogens with two attached hydrogens (primary N) is 1. The van der Waals surface area contributed by atoms with Crippen molar-refractivity contribution in [3.8, 4) is 0 Å². The number of hydrogen-bond donors (Lipinski definition) is 2. The molecule has 2 aromatic heterocycles. The summed E-state index contributed by atoms with van der Waals surface area (Å²) in [5.41, 5.74) is 10.2. The molecule has 22 heavy (non-hydrogen) atoms. The van der Waals surface area contributed by atoms with Gasteiger partial charge in [-0.1, -0.05) is 13.0 Å². The highest BCUT2D eigenvalue weighted by molar-refractivity contribution is 5.51. The lowest BCUT2D eigenvalue weighted by Gasteiger charge is -2.22. The number of pyridine rings is 1. The highest BCUT2D eigenvalue weighted by Crippen LogP contribution is 2.43. The molecule has 0 radical (unpaired) electrons.